The highest BCUT2D eigenvalue weighted by Gasteiger charge is 2.41. The van der Waals surface area contributed by atoms with Gasteiger partial charge in [-0.25, -0.2) is 0 Å². The van der Waals surface area contributed by atoms with Crippen LogP contribution in [0.3, 0.4) is 0 Å². The first-order valence-electron chi connectivity index (χ1n) is 8.76. The molecule has 0 aromatic heterocycles. The van der Waals surface area contributed by atoms with E-state index >= 15 is 0 Å². The van der Waals surface area contributed by atoms with Crippen molar-refractivity contribution in [2.75, 3.05) is 27.4 Å². The lowest BCUT2D eigenvalue weighted by Crippen LogP contribution is -2.38. The number of hydrogen-bond acceptors (Lipinski definition) is 6. The fraction of sp³-hybridized carbons (Fsp3) is 0.500. The summed E-state index contributed by atoms with van der Waals surface area (Å²) in [5, 5.41) is 40.2. The number of phenols is 1. The molecule has 6 nitrogen and oxygen atoms in total. The first kappa shape index (κ1) is 18.9. The topological polar surface area (TPSA) is 99.4 Å². The van der Waals surface area contributed by atoms with Crippen LogP contribution in [0.2, 0.25) is 0 Å². The molecule has 0 amide bonds. The molecular weight excluding hydrogens is 336 g/mol. The van der Waals surface area contributed by atoms with E-state index in [-0.39, 0.29) is 36.7 Å². The number of allylic oxidation sites excluding steroid dienone is 2. The highest BCUT2D eigenvalue weighted by Crippen LogP contribution is 2.49. The molecule has 4 N–H and O–H groups in total. The molecule has 142 valence electrons. The third kappa shape index (κ3) is 3.25. The minimum absolute atomic E-state index is 0.0399. The lowest BCUT2D eigenvalue weighted by molar-refractivity contribution is 0.0368. The van der Waals surface area contributed by atoms with Crippen molar-refractivity contribution in [2.24, 2.45) is 11.8 Å². The van der Waals surface area contributed by atoms with E-state index in [9.17, 15) is 20.4 Å². The Bertz CT molecular complexity index is 710. The van der Waals surface area contributed by atoms with Crippen LogP contribution in [0.1, 0.15) is 17.9 Å². The maximum absolute atomic E-state index is 10.4. The number of benzene rings is 1. The fourth-order valence-corrected chi connectivity index (χ4v) is 4.18. The SMILES string of the molecule is COc1cc(C2C3=CC(O)C(OC)C=C3CC(CO)[C@@H]2CO)ccc1O. The predicted octanol–water partition coefficient (Wildman–Crippen LogP) is 1.35. The Morgan fingerprint density at radius 2 is 1.88 bits per heavy atom. The summed E-state index contributed by atoms with van der Waals surface area (Å²) in [4.78, 5) is 0. The number of aliphatic hydroxyl groups is 3. The second kappa shape index (κ2) is 7.80. The zero-order valence-electron chi connectivity index (χ0n) is 15.0. The number of ether oxygens (including phenoxy) is 2. The minimum atomic E-state index is -0.773. The lowest BCUT2D eigenvalue weighted by Gasteiger charge is -2.42. The van der Waals surface area contributed by atoms with Gasteiger partial charge >= 0.3 is 0 Å². The Morgan fingerprint density at radius 3 is 2.50 bits per heavy atom. The summed E-state index contributed by atoms with van der Waals surface area (Å²) in [5.41, 5.74) is 2.81. The summed E-state index contributed by atoms with van der Waals surface area (Å²) in [6.07, 6.45) is 3.11. The number of methoxy groups -OCH3 is 2. The van der Waals surface area contributed by atoms with Crippen LogP contribution in [0, 0.1) is 11.8 Å². The van der Waals surface area contributed by atoms with E-state index < -0.39 is 12.2 Å². The van der Waals surface area contributed by atoms with Crippen molar-refractivity contribution in [3.05, 3.63) is 47.1 Å². The average Bonchev–Trinajstić information content (AvgIpc) is 2.66. The smallest absolute Gasteiger partial charge is 0.160 e. The van der Waals surface area contributed by atoms with Crippen LogP contribution >= 0.6 is 0 Å². The van der Waals surface area contributed by atoms with Gasteiger partial charge in [0.2, 0.25) is 0 Å². The Morgan fingerprint density at radius 1 is 1.12 bits per heavy atom. The van der Waals surface area contributed by atoms with Gasteiger partial charge in [-0.2, -0.15) is 0 Å². The molecule has 0 spiro atoms. The molecule has 1 aromatic rings. The van der Waals surface area contributed by atoms with E-state index in [1.165, 1.54) is 7.11 Å². The Balaban J connectivity index is 2.10. The van der Waals surface area contributed by atoms with Crippen LogP contribution in [0.4, 0.5) is 0 Å². The molecule has 5 atom stereocenters. The van der Waals surface area contributed by atoms with Crippen molar-refractivity contribution in [3.8, 4) is 11.5 Å². The molecule has 2 aliphatic carbocycles. The summed E-state index contributed by atoms with van der Waals surface area (Å²) in [6.45, 7) is -0.130. The molecule has 1 fully saturated rings. The molecule has 0 saturated heterocycles. The number of phenolic OH excluding ortho intramolecular Hbond substituents is 1. The minimum Gasteiger partial charge on any atom is -0.504 e. The molecule has 1 aromatic carbocycles. The summed E-state index contributed by atoms with van der Waals surface area (Å²) in [6, 6.07) is 5.10. The van der Waals surface area contributed by atoms with Gasteiger partial charge < -0.3 is 29.9 Å². The molecule has 6 heteroatoms. The summed E-state index contributed by atoms with van der Waals surface area (Å²) < 4.78 is 10.6. The van der Waals surface area contributed by atoms with Gasteiger partial charge in [-0.05, 0) is 59.3 Å². The van der Waals surface area contributed by atoms with Crippen molar-refractivity contribution < 1.29 is 29.9 Å². The molecular formula is C20H26O6. The van der Waals surface area contributed by atoms with Gasteiger partial charge in [0.25, 0.3) is 0 Å². The van der Waals surface area contributed by atoms with Gasteiger partial charge in [0.05, 0.1) is 7.11 Å². The van der Waals surface area contributed by atoms with Crippen LogP contribution in [-0.2, 0) is 4.74 Å². The Labute approximate surface area is 153 Å². The molecule has 1 saturated carbocycles. The third-order valence-electron chi connectivity index (χ3n) is 5.55. The molecule has 0 bridgehead atoms. The largest absolute Gasteiger partial charge is 0.504 e. The van der Waals surface area contributed by atoms with E-state index in [0.717, 1.165) is 16.7 Å². The average molecular weight is 362 g/mol. The zero-order chi connectivity index (χ0) is 18.8. The van der Waals surface area contributed by atoms with Crippen molar-refractivity contribution >= 4 is 0 Å². The summed E-state index contributed by atoms with van der Waals surface area (Å²) in [5.74, 6) is -0.147. The molecule has 26 heavy (non-hydrogen) atoms. The molecule has 0 radical (unpaired) electrons. The predicted molar refractivity (Wildman–Crippen MR) is 96.1 cm³/mol. The van der Waals surface area contributed by atoms with E-state index in [0.29, 0.717) is 12.2 Å². The quantitative estimate of drug-likeness (QED) is 0.631. The van der Waals surface area contributed by atoms with Crippen LogP contribution in [0.15, 0.2) is 41.5 Å². The maximum atomic E-state index is 10.4. The van der Waals surface area contributed by atoms with Gasteiger partial charge in [0.1, 0.15) is 12.2 Å². The number of aliphatic hydroxyl groups excluding tert-OH is 3. The number of aromatic hydroxyl groups is 1. The van der Waals surface area contributed by atoms with Crippen LogP contribution in [0.5, 0.6) is 11.5 Å². The first-order valence-corrected chi connectivity index (χ1v) is 8.76. The maximum Gasteiger partial charge on any atom is 0.160 e. The van der Waals surface area contributed by atoms with Gasteiger partial charge in [-0.1, -0.05) is 6.07 Å². The summed E-state index contributed by atoms with van der Waals surface area (Å²) >= 11 is 0. The number of hydrogen-bond donors (Lipinski definition) is 4. The Hall–Kier alpha value is -1.86. The van der Waals surface area contributed by atoms with Gasteiger partial charge in [0, 0.05) is 26.2 Å². The summed E-state index contributed by atoms with van der Waals surface area (Å²) in [7, 11) is 3.03. The lowest BCUT2D eigenvalue weighted by atomic mass is 9.63. The van der Waals surface area contributed by atoms with Crippen LogP contribution in [0.25, 0.3) is 0 Å². The third-order valence-corrected chi connectivity index (χ3v) is 5.55. The highest BCUT2D eigenvalue weighted by atomic mass is 16.5. The van der Waals surface area contributed by atoms with E-state index in [2.05, 4.69) is 0 Å². The molecule has 0 heterocycles. The van der Waals surface area contributed by atoms with Gasteiger partial charge in [-0.3, -0.25) is 0 Å². The standard InChI is InChI=1S/C20H26O6/c1-25-18-6-11(3-4-16(18)23)20-14-8-17(24)19(26-2)7-12(14)5-13(9-21)15(20)10-22/h3-4,6-8,13,15,17,19-24H,5,9-10H2,1-2H3/t13?,15-,17?,19?,20?/m0/s1. The van der Waals surface area contributed by atoms with Crippen LogP contribution in [-0.4, -0.2) is 60.1 Å². The first-order chi connectivity index (χ1) is 12.5. The zero-order valence-corrected chi connectivity index (χ0v) is 15.0. The van der Waals surface area contributed by atoms with E-state index in [1.54, 1.807) is 31.4 Å². The monoisotopic (exact) mass is 362 g/mol. The number of fused-ring (bicyclic) bond motifs is 1. The highest BCUT2D eigenvalue weighted by molar-refractivity contribution is 5.51. The Kier molecular flexibility index (Phi) is 5.67. The fourth-order valence-electron chi connectivity index (χ4n) is 4.18. The van der Waals surface area contributed by atoms with Crippen molar-refractivity contribution in [2.45, 2.75) is 24.5 Å². The van der Waals surface area contributed by atoms with E-state index in [1.807, 2.05) is 6.08 Å². The molecule has 0 aliphatic heterocycles. The van der Waals surface area contributed by atoms with Crippen LogP contribution < -0.4 is 4.74 Å². The normalized spacial score (nSPS) is 31.0. The molecule has 2 aliphatic rings. The second-order valence-electron chi connectivity index (χ2n) is 6.91. The van der Waals surface area contributed by atoms with E-state index in [4.69, 9.17) is 9.47 Å². The van der Waals surface area contributed by atoms with Crippen molar-refractivity contribution in [3.63, 3.8) is 0 Å². The van der Waals surface area contributed by atoms with Crippen molar-refractivity contribution in [1.29, 1.82) is 0 Å². The number of rotatable bonds is 5. The van der Waals surface area contributed by atoms with Crippen molar-refractivity contribution in [1.82, 2.24) is 0 Å². The van der Waals surface area contributed by atoms with Gasteiger partial charge in [-0.15, -0.1) is 0 Å². The van der Waals surface area contributed by atoms with Gasteiger partial charge in [0.15, 0.2) is 11.5 Å². The second-order valence-corrected chi connectivity index (χ2v) is 6.91. The molecule has 4 unspecified atom stereocenters. The molecule has 3 rings (SSSR count).